The molecule has 1 aromatic carbocycles. The molecule has 0 heterocycles. The Morgan fingerprint density at radius 1 is 1.40 bits per heavy atom. The average Bonchev–Trinajstić information content (AvgIpc) is 2.31. The summed E-state index contributed by atoms with van der Waals surface area (Å²) in [5.41, 5.74) is -0.190. The van der Waals surface area contributed by atoms with Crippen LogP contribution < -0.4 is 0 Å². The van der Waals surface area contributed by atoms with E-state index < -0.39 is 18.2 Å². The van der Waals surface area contributed by atoms with Crippen molar-refractivity contribution in [3.05, 3.63) is 27.7 Å². The molecule has 1 rings (SSSR count). The Balaban J connectivity index is 3.07. The molecule has 1 N–H and O–H groups in total. The topological polar surface area (TPSA) is 55.8 Å². The fraction of sp³-hybridized carbons (Fsp3) is 0.500. The zero-order chi connectivity index (χ0) is 15.3. The summed E-state index contributed by atoms with van der Waals surface area (Å²) in [5, 5.41) is 10.0. The van der Waals surface area contributed by atoms with E-state index in [9.17, 15) is 14.3 Å². The molecule has 0 aromatic heterocycles. The van der Waals surface area contributed by atoms with E-state index in [1.54, 1.807) is 32.9 Å². The van der Waals surface area contributed by atoms with Crippen molar-refractivity contribution in [2.45, 2.75) is 33.0 Å². The standard InChI is InChI=1S/C14H18BrFO4/c1-14(2,3)20-13(18)11-9(8-19-7-6-16)4-5-10(15)12(11)17/h4-5,17H,6-8H2,1-3H3. The normalized spacial score (nSPS) is 11.4. The summed E-state index contributed by atoms with van der Waals surface area (Å²) in [5.74, 6) is -0.851. The zero-order valence-corrected chi connectivity index (χ0v) is 13.3. The molecule has 20 heavy (non-hydrogen) atoms. The minimum Gasteiger partial charge on any atom is -0.506 e. The van der Waals surface area contributed by atoms with Gasteiger partial charge in [-0.05, 0) is 48.3 Å². The van der Waals surface area contributed by atoms with Crippen LogP contribution in [0.1, 0.15) is 36.7 Å². The summed E-state index contributed by atoms with van der Waals surface area (Å²) in [7, 11) is 0. The molecular formula is C14H18BrFO4. The third-order valence-electron chi connectivity index (χ3n) is 2.30. The smallest absolute Gasteiger partial charge is 0.342 e. The Morgan fingerprint density at radius 3 is 2.60 bits per heavy atom. The zero-order valence-electron chi connectivity index (χ0n) is 11.7. The lowest BCUT2D eigenvalue weighted by Gasteiger charge is -2.21. The Kier molecular flexibility index (Phi) is 5.95. The van der Waals surface area contributed by atoms with Crippen LogP contribution >= 0.6 is 15.9 Å². The Morgan fingerprint density at radius 2 is 2.05 bits per heavy atom. The second-order valence-corrected chi connectivity index (χ2v) is 6.03. The van der Waals surface area contributed by atoms with E-state index in [1.165, 1.54) is 0 Å². The fourth-order valence-electron chi connectivity index (χ4n) is 1.52. The summed E-state index contributed by atoms with van der Waals surface area (Å²) < 4.78 is 22.8. The summed E-state index contributed by atoms with van der Waals surface area (Å²) in [6.07, 6.45) is 0. The number of hydrogen-bond donors (Lipinski definition) is 1. The van der Waals surface area contributed by atoms with Crippen molar-refractivity contribution in [3.8, 4) is 5.75 Å². The minimum atomic E-state index is -0.678. The first-order valence-corrected chi connectivity index (χ1v) is 6.93. The highest BCUT2D eigenvalue weighted by atomic mass is 79.9. The van der Waals surface area contributed by atoms with Gasteiger partial charge in [-0.15, -0.1) is 0 Å². The van der Waals surface area contributed by atoms with Gasteiger partial charge in [0.2, 0.25) is 0 Å². The molecule has 0 aliphatic rings. The number of halogens is 2. The highest BCUT2D eigenvalue weighted by Gasteiger charge is 2.24. The second kappa shape index (κ2) is 7.04. The SMILES string of the molecule is CC(C)(C)OC(=O)c1c(COCCF)ccc(Br)c1O. The van der Waals surface area contributed by atoms with Gasteiger partial charge in [-0.2, -0.15) is 0 Å². The molecular weight excluding hydrogens is 331 g/mol. The van der Waals surface area contributed by atoms with E-state index in [-0.39, 0.29) is 24.5 Å². The van der Waals surface area contributed by atoms with Crippen molar-refractivity contribution in [1.82, 2.24) is 0 Å². The Hall–Kier alpha value is -1.14. The molecule has 112 valence electrons. The van der Waals surface area contributed by atoms with Crippen LogP contribution in [0.15, 0.2) is 16.6 Å². The number of phenolic OH excluding ortho intramolecular Hbond substituents is 1. The van der Waals surface area contributed by atoms with E-state index >= 15 is 0 Å². The van der Waals surface area contributed by atoms with Gasteiger partial charge in [0.15, 0.2) is 0 Å². The molecule has 0 atom stereocenters. The average molecular weight is 349 g/mol. The van der Waals surface area contributed by atoms with Crippen LogP contribution in [-0.2, 0) is 16.1 Å². The number of rotatable bonds is 5. The van der Waals surface area contributed by atoms with E-state index in [1.807, 2.05) is 0 Å². The number of aromatic hydroxyl groups is 1. The van der Waals surface area contributed by atoms with Crippen molar-refractivity contribution in [2.75, 3.05) is 13.3 Å². The highest BCUT2D eigenvalue weighted by Crippen LogP contribution is 2.32. The van der Waals surface area contributed by atoms with E-state index in [2.05, 4.69) is 15.9 Å². The molecule has 6 heteroatoms. The summed E-state index contributed by atoms with van der Waals surface area (Å²) in [6, 6.07) is 3.22. The van der Waals surface area contributed by atoms with Crippen molar-refractivity contribution in [2.24, 2.45) is 0 Å². The number of alkyl halides is 1. The maximum absolute atomic E-state index is 12.2. The first-order chi connectivity index (χ1) is 9.26. The van der Waals surface area contributed by atoms with Gasteiger partial charge in [-0.3, -0.25) is 0 Å². The van der Waals surface area contributed by atoms with Gasteiger partial charge in [-0.25, -0.2) is 9.18 Å². The number of phenols is 1. The van der Waals surface area contributed by atoms with Crippen molar-refractivity contribution < 1.29 is 23.8 Å². The maximum Gasteiger partial charge on any atom is 0.342 e. The fourth-order valence-corrected chi connectivity index (χ4v) is 1.85. The molecule has 0 fully saturated rings. The first-order valence-electron chi connectivity index (χ1n) is 6.13. The van der Waals surface area contributed by atoms with Crippen LogP contribution in [0.3, 0.4) is 0 Å². The molecule has 0 bridgehead atoms. The lowest BCUT2D eigenvalue weighted by atomic mass is 10.1. The van der Waals surface area contributed by atoms with Crippen LogP contribution in [0.4, 0.5) is 4.39 Å². The predicted octanol–water partition coefficient (Wildman–Crippen LogP) is 3.60. The molecule has 0 spiro atoms. The van der Waals surface area contributed by atoms with Crippen molar-refractivity contribution in [1.29, 1.82) is 0 Å². The molecule has 1 aromatic rings. The van der Waals surface area contributed by atoms with Gasteiger partial charge in [0.1, 0.15) is 23.6 Å². The number of ether oxygens (including phenoxy) is 2. The maximum atomic E-state index is 12.2. The Labute approximate surface area is 126 Å². The minimum absolute atomic E-state index is 0.0271. The quantitative estimate of drug-likeness (QED) is 0.652. The van der Waals surface area contributed by atoms with Gasteiger partial charge >= 0.3 is 5.97 Å². The van der Waals surface area contributed by atoms with Gasteiger partial charge < -0.3 is 14.6 Å². The van der Waals surface area contributed by atoms with Gasteiger partial charge in [0.25, 0.3) is 0 Å². The largest absolute Gasteiger partial charge is 0.506 e. The van der Waals surface area contributed by atoms with E-state index in [4.69, 9.17) is 9.47 Å². The molecule has 0 amide bonds. The highest BCUT2D eigenvalue weighted by molar-refractivity contribution is 9.10. The number of esters is 1. The van der Waals surface area contributed by atoms with E-state index in [0.29, 0.717) is 10.0 Å². The monoisotopic (exact) mass is 348 g/mol. The molecule has 4 nitrogen and oxygen atoms in total. The van der Waals surface area contributed by atoms with Crippen LogP contribution in [-0.4, -0.2) is 30.0 Å². The van der Waals surface area contributed by atoms with Crippen LogP contribution in [0.5, 0.6) is 5.75 Å². The third-order valence-corrected chi connectivity index (χ3v) is 2.94. The molecule has 0 unspecified atom stereocenters. The third kappa shape index (κ3) is 4.76. The second-order valence-electron chi connectivity index (χ2n) is 5.17. The van der Waals surface area contributed by atoms with Crippen LogP contribution in [0, 0.1) is 0 Å². The van der Waals surface area contributed by atoms with Gasteiger partial charge in [0.05, 0.1) is 17.7 Å². The number of hydrogen-bond acceptors (Lipinski definition) is 4. The summed E-state index contributed by atoms with van der Waals surface area (Å²) in [6.45, 7) is 4.56. The Bertz CT molecular complexity index is 483. The van der Waals surface area contributed by atoms with Gasteiger partial charge in [0, 0.05) is 0 Å². The van der Waals surface area contributed by atoms with Crippen LogP contribution in [0.2, 0.25) is 0 Å². The molecule has 0 radical (unpaired) electrons. The first kappa shape index (κ1) is 16.9. The molecule has 0 saturated heterocycles. The number of carbonyl (C=O) groups is 1. The molecule has 0 aliphatic carbocycles. The van der Waals surface area contributed by atoms with Crippen molar-refractivity contribution >= 4 is 21.9 Å². The molecule has 0 saturated carbocycles. The molecule has 0 aliphatic heterocycles. The lowest BCUT2D eigenvalue weighted by Crippen LogP contribution is -2.24. The van der Waals surface area contributed by atoms with Gasteiger partial charge in [-0.1, -0.05) is 6.07 Å². The number of carbonyl (C=O) groups excluding carboxylic acids is 1. The van der Waals surface area contributed by atoms with Crippen molar-refractivity contribution in [3.63, 3.8) is 0 Å². The summed E-state index contributed by atoms with van der Waals surface area (Å²) >= 11 is 3.15. The predicted molar refractivity (Wildman–Crippen MR) is 76.6 cm³/mol. The number of benzene rings is 1. The van der Waals surface area contributed by atoms with Crippen LogP contribution in [0.25, 0.3) is 0 Å². The van der Waals surface area contributed by atoms with E-state index in [0.717, 1.165) is 0 Å². The summed E-state index contributed by atoms with van der Waals surface area (Å²) in [4.78, 5) is 12.2. The lowest BCUT2D eigenvalue weighted by molar-refractivity contribution is 0.00614.